The summed E-state index contributed by atoms with van der Waals surface area (Å²) in [5.41, 5.74) is -0.442. The highest BCUT2D eigenvalue weighted by Gasteiger charge is 2.26. The van der Waals surface area contributed by atoms with E-state index in [-0.39, 0.29) is 0 Å². The molecule has 0 aromatic heterocycles. The monoisotopic (exact) mass is 219 g/mol. The van der Waals surface area contributed by atoms with Gasteiger partial charge in [-0.1, -0.05) is 0 Å². The van der Waals surface area contributed by atoms with Crippen LogP contribution in [0.3, 0.4) is 0 Å². The molecule has 0 aliphatic carbocycles. The summed E-state index contributed by atoms with van der Waals surface area (Å²) in [6.45, 7) is 6.37. The topological polar surface area (TPSA) is 32.7 Å². The lowest BCUT2D eigenvalue weighted by molar-refractivity contribution is -0.0116. The van der Waals surface area contributed by atoms with Crippen molar-refractivity contribution in [3.63, 3.8) is 0 Å². The molecule has 0 atom stereocenters. The molecule has 3 nitrogen and oxygen atoms in total. The molecule has 0 aromatic carbocycles. The van der Waals surface area contributed by atoms with Gasteiger partial charge in [0, 0.05) is 25.4 Å². The first-order valence-electron chi connectivity index (χ1n) is 5.27. The number of ether oxygens (including phenoxy) is 1. The summed E-state index contributed by atoms with van der Waals surface area (Å²) < 4.78 is 5.36. The number of hydrogen-bond donors (Lipinski definition) is 2. The van der Waals surface area contributed by atoms with Crippen LogP contribution in [-0.4, -0.2) is 54.2 Å². The molecule has 0 unspecified atom stereocenters. The normalized spacial score (nSPS) is 22.5. The average molecular weight is 219 g/mol. The van der Waals surface area contributed by atoms with Crippen LogP contribution < -0.4 is 0 Å². The van der Waals surface area contributed by atoms with Crippen LogP contribution >= 0.6 is 12.6 Å². The maximum absolute atomic E-state index is 9.73. The van der Waals surface area contributed by atoms with Gasteiger partial charge >= 0.3 is 0 Å². The molecule has 1 aliphatic heterocycles. The van der Waals surface area contributed by atoms with Gasteiger partial charge in [-0.2, -0.15) is 12.6 Å². The van der Waals surface area contributed by atoms with Gasteiger partial charge in [-0.15, -0.1) is 0 Å². The minimum absolute atomic E-state index is 0.442. The second-order valence-electron chi connectivity index (χ2n) is 4.17. The van der Waals surface area contributed by atoms with E-state index < -0.39 is 5.60 Å². The van der Waals surface area contributed by atoms with Gasteiger partial charge in [0.15, 0.2) is 0 Å². The van der Waals surface area contributed by atoms with Gasteiger partial charge in [-0.05, 0) is 19.8 Å². The fourth-order valence-corrected chi connectivity index (χ4v) is 1.75. The third kappa shape index (κ3) is 4.64. The maximum atomic E-state index is 9.73. The number of likely N-dealkylation sites (tertiary alicyclic amines) is 1. The van der Waals surface area contributed by atoms with Crippen molar-refractivity contribution in [1.29, 1.82) is 0 Å². The minimum atomic E-state index is -0.442. The summed E-state index contributed by atoms with van der Waals surface area (Å²) in [5.74, 6) is 0.786. The number of hydrogen-bond acceptors (Lipinski definition) is 4. The smallest absolute Gasteiger partial charge is 0.0644 e. The van der Waals surface area contributed by atoms with Crippen LogP contribution in [0.25, 0.3) is 0 Å². The molecule has 1 saturated heterocycles. The van der Waals surface area contributed by atoms with E-state index in [0.29, 0.717) is 0 Å². The van der Waals surface area contributed by atoms with E-state index in [9.17, 15) is 5.11 Å². The third-order valence-electron chi connectivity index (χ3n) is 2.72. The van der Waals surface area contributed by atoms with Crippen LogP contribution in [0.2, 0.25) is 0 Å². The van der Waals surface area contributed by atoms with Crippen molar-refractivity contribution >= 4 is 12.6 Å². The van der Waals surface area contributed by atoms with Gasteiger partial charge < -0.3 is 14.7 Å². The molecule has 0 radical (unpaired) electrons. The van der Waals surface area contributed by atoms with E-state index in [1.807, 2.05) is 6.92 Å². The Morgan fingerprint density at radius 1 is 1.36 bits per heavy atom. The summed E-state index contributed by atoms with van der Waals surface area (Å²) in [7, 11) is 0. The molecule has 1 aliphatic rings. The van der Waals surface area contributed by atoms with Crippen LogP contribution in [0, 0.1) is 0 Å². The Labute approximate surface area is 91.8 Å². The van der Waals surface area contributed by atoms with Crippen LogP contribution in [0.5, 0.6) is 0 Å². The largest absolute Gasteiger partial charge is 0.390 e. The van der Waals surface area contributed by atoms with Crippen molar-refractivity contribution in [2.24, 2.45) is 0 Å². The summed E-state index contributed by atoms with van der Waals surface area (Å²) in [5, 5.41) is 9.73. The molecule has 84 valence electrons. The number of piperidine rings is 1. The van der Waals surface area contributed by atoms with E-state index in [4.69, 9.17) is 4.74 Å². The number of aliphatic hydroxyl groups is 1. The Hall–Kier alpha value is 0.230. The number of thiol groups is 1. The SMILES string of the molecule is CC1(O)CCN(CCOCCS)CC1. The molecule has 1 fully saturated rings. The number of rotatable bonds is 5. The van der Waals surface area contributed by atoms with Crippen LogP contribution in [0.1, 0.15) is 19.8 Å². The molecule has 0 amide bonds. The first-order chi connectivity index (χ1) is 6.64. The average Bonchev–Trinajstić information content (AvgIpc) is 2.15. The highest BCUT2D eigenvalue weighted by Crippen LogP contribution is 2.20. The van der Waals surface area contributed by atoms with Crippen molar-refractivity contribution in [3.05, 3.63) is 0 Å². The predicted octanol–water partition coefficient (Wildman–Crippen LogP) is 0.780. The molecular formula is C10H21NO2S. The van der Waals surface area contributed by atoms with E-state index in [1.165, 1.54) is 0 Å². The van der Waals surface area contributed by atoms with Crippen LogP contribution in [0.4, 0.5) is 0 Å². The lowest BCUT2D eigenvalue weighted by Crippen LogP contribution is -2.43. The van der Waals surface area contributed by atoms with E-state index in [0.717, 1.165) is 51.4 Å². The molecular weight excluding hydrogens is 198 g/mol. The lowest BCUT2D eigenvalue weighted by Gasteiger charge is -2.35. The Morgan fingerprint density at radius 3 is 2.57 bits per heavy atom. The van der Waals surface area contributed by atoms with Crippen molar-refractivity contribution in [1.82, 2.24) is 4.90 Å². The van der Waals surface area contributed by atoms with E-state index in [2.05, 4.69) is 17.5 Å². The second-order valence-corrected chi connectivity index (χ2v) is 4.62. The fourth-order valence-electron chi connectivity index (χ4n) is 1.62. The van der Waals surface area contributed by atoms with Gasteiger partial charge in [-0.25, -0.2) is 0 Å². The quantitative estimate of drug-likeness (QED) is 0.529. The zero-order valence-corrected chi connectivity index (χ0v) is 9.80. The van der Waals surface area contributed by atoms with Gasteiger partial charge in [0.2, 0.25) is 0 Å². The minimum Gasteiger partial charge on any atom is -0.390 e. The fraction of sp³-hybridized carbons (Fsp3) is 1.00. The highest BCUT2D eigenvalue weighted by molar-refractivity contribution is 7.80. The second kappa shape index (κ2) is 5.95. The Morgan fingerprint density at radius 2 is 2.00 bits per heavy atom. The Bertz CT molecular complexity index is 154. The highest BCUT2D eigenvalue weighted by atomic mass is 32.1. The lowest BCUT2D eigenvalue weighted by atomic mass is 9.94. The molecule has 1 heterocycles. The summed E-state index contributed by atoms with van der Waals surface area (Å²) in [6.07, 6.45) is 1.75. The van der Waals surface area contributed by atoms with E-state index in [1.54, 1.807) is 0 Å². The van der Waals surface area contributed by atoms with Gasteiger partial charge in [0.05, 0.1) is 18.8 Å². The first-order valence-corrected chi connectivity index (χ1v) is 5.91. The van der Waals surface area contributed by atoms with Crippen molar-refractivity contribution in [2.75, 3.05) is 38.6 Å². The van der Waals surface area contributed by atoms with Crippen LogP contribution in [0.15, 0.2) is 0 Å². The standard InChI is InChI=1S/C10H21NO2S/c1-10(12)2-4-11(5-3-10)6-7-13-8-9-14/h12,14H,2-9H2,1H3. The molecule has 4 heteroatoms. The summed E-state index contributed by atoms with van der Waals surface area (Å²) >= 11 is 4.07. The zero-order chi connectivity index (χ0) is 10.4. The van der Waals surface area contributed by atoms with Crippen LogP contribution in [-0.2, 0) is 4.74 Å². The van der Waals surface area contributed by atoms with E-state index >= 15 is 0 Å². The Balaban J connectivity index is 2.04. The molecule has 14 heavy (non-hydrogen) atoms. The molecule has 1 rings (SSSR count). The maximum Gasteiger partial charge on any atom is 0.0644 e. The molecule has 0 spiro atoms. The molecule has 0 bridgehead atoms. The van der Waals surface area contributed by atoms with Gasteiger partial charge in [0.25, 0.3) is 0 Å². The van der Waals surface area contributed by atoms with Crippen molar-refractivity contribution in [2.45, 2.75) is 25.4 Å². The first kappa shape index (κ1) is 12.3. The van der Waals surface area contributed by atoms with Gasteiger partial charge in [-0.3, -0.25) is 0 Å². The van der Waals surface area contributed by atoms with Crippen molar-refractivity contribution < 1.29 is 9.84 Å². The summed E-state index contributed by atoms with van der Waals surface area (Å²) in [6, 6.07) is 0. The molecule has 0 saturated carbocycles. The predicted molar refractivity (Wildman–Crippen MR) is 61.0 cm³/mol. The number of nitrogens with zero attached hydrogens (tertiary/aromatic N) is 1. The molecule has 1 N–H and O–H groups in total. The Kier molecular flexibility index (Phi) is 5.23. The van der Waals surface area contributed by atoms with Crippen molar-refractivity contribution in [3.8, 4) is 0 Å². The third-order valence-corrected chi connectivity index (χ3v) is 2.90. The summed E-state index contributed by atoms with van der Waals surface area (Å²) in [4.78, 5) is 2.34. The van der Waals surface area contributed by atoms with Gasteiger partial charge in [0.1, 0.15) is 0 Å². The zero-order valence-electron chi connectivity index (χ0n) is 8.91. The molecule has 0 aromatic rings.